The molecule has 2 rings (SSSR count). The van der Waals surface area contributed by atoms with Crippen LogP contribution in [0.1, 0.15) is 29.8 Å². The van der Waals surface area contributed by atoms with Gasteiger partial charge in [-0.3, -0.25) is 4.79 Å². The number of aromatic nitrogens is 1. The maximum absolute atomic E-state index is 12.2. The Hall–Kier alpha value is -2.32. The maximum Gasteiger partial charge on any atom is 0.397 e. The number of nitrogens with zero attached hydrogens (tertiary/aromatic N) is 2. The molecule has 0 atom stereocenters. The third kappa shape index (κ3) is 5.11. The summed E-state index contributed by atoms with van der Waals surface area (Å²) in [5, 5.41) is 11.9. The second kappa shape index (κ2) is 6.84. The monoisotopic (exact) mass is 331 g/mol. The Morgan fingerprint density at radius 2 is 1.96 bits per heavy atom. The number of piperidine rings is 1. The number of carboxylic acid groups (broad SMARTS) is 1. The summed E-state index contributed by atoms with van der Waals surface area (Å²) in [4.78, 5) is 27.5. The highest BCUT2D eigenvalue weighted by molar-refractivity contribution is 5.85. The van der Waals surface area contributed by atoms with Gasteiger partial charge in [0.25, 0.3) is 0 Å². The minimum Gasteiger partial charge on any atom is -0.477 e. The number of alkyl halides is 3. The number of hydrogen-bond donors (Lipinski definition) is 2. The van der Waals surface area contributed by atoms with Crippen molar-refractivity contribution >= 4 is 17.7 Å². The first-order valence-corrected chi connectivity index (χ1v) is 7.06. The van der Waals surface area contributed by atoms with Gasteiger partial charge in [-0.15, -0.1) is 0 Å². The van der Waals surface area contributed by atoms with E-state index in [1.54, 1.807) is 12.1 Å². The normalized spacial score (nSPS) is 16.2. The average Bonchev–Trinajstić information content (AvgIpc) is 2.46. The molecule has 126 valence electrons. The Balaban J connectivity index is 1.86. The zero-order valence-electron chi connectivity index (χ0n) is 12.1. The van der Waals surface area contributed by atoms with Gasteiger partial charge in [0.15, 0.2) is 5.69 Å². The fraction of sp³-hybridized carbons (Fsp3) is 0.500. The average molecular weight is 331 g/mol. The lowest BCUT2D eigenvalue weighted by Gasteiger charge is -2.32. The third-order valence-electron chi connectivity index (χ3n) is 3.52. The number of carboxylic acids is 1. The molecule has 1 aromatic heterocycles. The molecule has 6 nitrogen and oxygen atoms in total. The number of anilines is 1. The molecule has 23 heavy (non-hydrogen) atoms. The van der Waals surface area contributed by atoms with E-state index in [1.165, 1.54) is 11.0 Å². The molecule has 1 aromatic rings. The summed E-state index contributed by atoms with van der Waals surface area (Å²) in [6.45, 7) is 0.455. The molecule has 2 heterocycles. The Labute approximate surface area is 130 Å². The van der Waals surface area contributed by atoms with Crippen LogP contribution in [0.3, 0.4) is 0 Å². The lowest BCUT2D eigenvalue weighted by molar-refractivity contribution is -0.162. The molecule has 0 unspecified atom stereocenters. The molecular weight excluding hydrogens is 315 g/mol. The summed E-state index contributed by atoms with van der Waals surface area (Å²) in [6.07, 6.45) is -4.98. The first-order chi connectivity index (χ1) is 10.7. The topological polar surface area (TPSA) is 82.5 Å². The van der Waals surface area contributed by atoms with Crippen LogP contribution < -0.4 is 5.32 Å². The molecule has 0 spiro atoms. The van der Waals surface area contributed by atoms with Crippen molar-refractivity contribution in [3.63, 3.8) is 0 Å². The molecule has 1 amide bonds. The molecule has 0 bridgehead atoms. The van der Waals surface area contributed by atoms with Gasteiger partial charge in [-0.05, 0) is 25.0 Å². The van der Waals surface area contributed by atoms with E-state index in [0.717, 1.165) is 0 Å². The summed E-state index contributed by atoms with van der Waals surface area (Å²) < 4.78 is 36.6. The third-order valence-corrected chi connectivity index (χ3v) is 3.52. The van der Waals surface area contributed by atoms with Gasteiger partial charge in [-0.1, -0.05) is 6.07 Å². The fourth-order valence-corrected chi connectivity index (χ4v) is 2.40. The van der Waals surface area contributed by atoms with E-state index in [9.17, 15) is 22.8 Å². The van der Waals surface area contributed by atoms with E-state index in [2.05, 4.69) is 10.3 Å². The number of rotatable bonds is 4. The predicted octanol–water partition coefficient (Wildman–Crippen LogP) is 2.14. The van der Waals surface area contributed by atoms with E-state index in [1.807, 2.05) is 0 Å². The van der Waals surface area contributed by atoms with E-state index in [0.29, 0.717) is 18.7 Å². The SMILES string of the molecule is O=C(O)c1cccc(NC2CCN(C(=O)CC(F)(F)F)CC2)n1. The Kier molecular flexibility index (Phi) is 5.07. The summed E-state index contributed by atoms with van der Waals surface area (Å²) in [7, 11) is 0. The molecule has 1 aliphatic heterocycles. The van der Waals surface area contributed by atoms with Gasteiger partial charge in [-0.25, -0.2) is 9.78 Å². The van der Waals surface area contributed by atoms with Crippen molar-refractivity contribution in [1.82, 2.24) is 9.88 Å². The van der Waals surface area contributed by atoms with Gasteiger partial charge < -0.3 is 15.3 Å². The van der Waals surface area contributed by atoms with Gasteiger partial charge in [0.05, 0.1) is 0 Å². The zero-order valence-corrected chi connectivity index (χ0v) is 12.1. The van der Waals surface area contributed by atoms with Gasteiger partial charge in [0.1, 0.15) is 12.2 Å². The van der Waals surface area contributed by atoms with E-state index < -0.39 is 24.5 Å². The van der Waals surface area contributed by atoms with Crippen LogP contribution in [0.5, 0.6) is 0 Å². The number of carbonyl (C=O) groups is 2. The minimum absolute atomic E-state index is 0.0681. The van der Waals surface area contributed by atoms with E-state index >= 15 is 0 Å². The molecule has 9 heteroatoms. The highest BCUT2D eigenvalue weighted by Gasteiger charge is 2.34. The van der Waals surface area contributed by atoms with Crippen LogP contribution in [0.4, 0.5) is 19.0 Å². The van der Waals surface area contributed by atoms with Crippen molar-refractivity contribution in [1.29, 1.82) is 0 Å². The smallest absolute Gasteiger partial charge is 0.397 e. The van der Waals surface area contributed by atoms with Crippen molar-refractivity contribution in [3.05, 3.63) is 23.9 Å². The van der Waals surface area contributed by atoms with Crippen molar-refractivity contribution in [2.24, 2.45) is 0 Å². The fourth-order valence-electron chi connectivity index (χ4n) is 2.40. The zero-order chi connectivity index (χ0) is 17.0. The predicted molar refractivity (Wildman–Crippen MR) is 75.1 cm³/mol. The number of hydrogen-bond acceptors (Lipinski definition) is 4. The number of halogens is 3. The van der Waals surface area contributed by atoms with Crippen LogP contribution in [0.15, 0.2) is 18.2 Å². The summed E-state index contributed by atoms with van der Waals surface area (Å²) in [5.74, 6) is -1.66. The van der Waals surface area contributed by atoms with Crippen LogP contribution in [-0.4, -0.2) is 52.2 Å². The van der Waals surface area contributed by atoms with Crippen LogP contribution in [0.25, 0.3) is 0 Å². The molecule has 1 fully saturated rings. The standard InChI is InChI=1S/C14H16F3N3O3/c15-14(16,17)8-12(21)20-6-4-9(5-7-20)18-11-3-1-2-10(19-11)13(22)23/h1-3,9H,4-8H2,(H,18,19)(H,22,23). The van der Waals surface area contributed by atoms with Gasteiger partial charge in [0.2, 0.25) is 5.91 Å². The largest absolute Gasteiger partial charge is 0.477 e. The quantitative estimate of drug-likeness (QED) is 0.883. The van der Waals surface area contributed by atoms with Crippen LogP contribution in [0.2, 0.25) is 0 Å². The van der Waals surface area contributed by atoms with Crippen molar-refractivity contribution in [3.8, 4) is 0 Å². The van der Waals surface area contributed by atoms with Crippen LogP contribution in [0, 0.1) is 0 Å². The first kappa shape index (κ1) is 17.0. The van der Waals surface area contributed by atoms with Crippen molar-refractivity contribution < 1.29 is 27.9 Å². The minimum atomic E-state index is -4.49. The second-order valence-corrected chi connectivity index (χ2v) is 5.30. The van der Waals surface area contributed by atoms with Gasteiger partial charge in [0, 0.05) is 19.1 Å². The molecule has 0 aromatic carbocycles. The van der Waals surface area contributed by atoms with Crippen LogP contribution in [-0.2, 0) is 4.79 Å². The second-order valence-electron chi connectivity index (χ2n) is 5.30. The Morgan fingerprint density at radius 1 is 1.30 bits per heavy atom. The molecule has 0 radical (unpaired) electrons. The molecule has 0 aliphatic carbocycles. The number of nitrogens with one attached hydrogen (secondary N) is 1. The van der Waals surface area contributed by atoms with E-state index in [-0.39, 0.29) is 24.8 Å². The first-order valence-electron chi connectivity index (χ1n) is 7.06. The Morgan fingerprint density at radius 3 is 2.52 bits per heavy atom. The number of aromatic carboxylic acids is 1. The van der Waals surface area contributed by atoms with Crippen molar-refractivity contribution in [2.75, 3.05) is 18.4 Å². The van der Waals surface area contributed by atoms with E-state index in [4.69, 9.17) is 5.11 Å². The summed E-state index contributed by atoms with van der Waals surface area (Å²) >= 11 is 0. The molecular formula is C14H16F3N3O3. The highest BCUT2D eigenvalue weighted by atomic mass is 19.4. The summed E-state index contributed by atoms with van der Waals surface area (Å²) in [6, 6.07) is 4.47. The molecule has 2 N–H and O–H groups in total. The van der Waals surface area contributed by atoms with Gasteiger partial charge in [-0.2, -0.15) is 13.2 Å². The molecule has 0 saturated carbocycles. The highest BCUT2D eigenvalue weighted by Crippen LogP contribution is 2.23. The lowest BCUT2D eigenvalue weighted by atomic mass is 10.0. The van der Waals surface area contributed by atoms with Gasteiger partial charge >= 0.3 is 12.1 Å². The molecule has 1 aliphatic rings. The number of pyridine rings is 1. The van der Waals surface area contributed by atoms with Crippen molar-refractivity contribution in [2.45, 2.75) is 31.5 Å². The number of carbonyl (C=O) groups excluding carboxylic acids is 1. The Bertz CT molecular complexity index is 584. The number of likely N-dealkylation sites (tertiary alicyclic amines) is 1. The maximum atomic E-state index is 12.2. The summed E-state index contributed by atoms with van der Waals surface area (Å²) in [5.41, 5.74) is -0.0900. The molecule has 1 saturated heterocycles. The number of amides is 1. The van der Waals surface area contributed by atoms with Crippen LogP contribution >= 0.6 is 0 Å². The lowest BCUT2D eigenvalue weighted by Crippen LogP contribution is -2.43.